The quantitative estimate of drug-likeness (QED) is 0.0833. The van der Waals surface area contributed by atoms with Crippen LogP contribution in [-0.4, -0.2) is 39.8 Å². The summed E-state index contributed by atoms with van der Waals surface area (Å²) in [4.78, 5) is 35.8. The monoisotopic (exact) mass is 769 g/mol. The van der Waals surface area contributed by atoms with Crippen molar-refractivity contribution in [2.45, 2.75) is 13.8 Å². The maximum absolute atomic E-state index is 14.1. The van der Waals surface area contributed by atoms with Gasteiger partial charge < -0.3 is 4.90 Å². The summed E-state index contributed by atoms with van der Waals surface area (Å²) in [6.07, 6.45) is 1.68. The number of nitrogens with zero attached hydrogens (tertiary/aromatic N) is 3. The van der Waals surface area contributed by atoms with Gasteiger partial charge in [0.05, 0.1) is 9.58 Å². The lowest BCUT2D eigenvalue weighted by atomic mass is 10.1. The third-order valence-electron chi connectivity index (χ3n) is 9.12. The molecule has 7 aromatic rings. The smallest absolute Gasteiger partial charge is 0.265 e. The van der Waals surface area contributed by atoms with Crippen LogP contribution < -0.4 is 4.90 Å². The van der Waals surface area contributed by atoms with Gasteiger partial charge >= 0.3 is 0 Å². The van der Waals surface area contributed by atoms with Crippen LogP contribution in [0.4, 0.5) is 21.5 Å². The molecule has 262 valence electrons. The summed E-state index contributed by atoms with van der Waals surface area (Å²) in [5.41, 5.74) is 6.42. The van der Waals surface area contributed by atoms with E-state index in [2.05, 4.69) is 59.5 Å². The van der Waals surface area contributed by atoms with Crippen molar-refractivity contribution >= 4 is 95.7 Å². The molecule has 0 N–H and O–H groups in total. The average Bonchev–Trinajstić information content (AvgIpc) is 3.91. The minimum atomic E-state index is -0.376. The highest BCUT2D eigenvalue weighted by molar-refractivity contribution is 7.80. The molecule has 1 aliphatic heterocycles. The number of thiophene rings is 3. The number of para-hydroxylation sites is 2. The molecule has 0 unspecified atom stereocenters. The number of halogens is 1. The number of rotatable bonds is 9. The Morgan fingerprint density at radius 3 is 1.81 bits per heavy atom. The standard InChI is InChI=1S/C43H32FN3O2S4/c1-3-45-41(48)34(42(49)46(4-2)43(45)50)25-33-23-24-35(51-33)39-38(28-15-19-29(44)20-16-28)40-37(53-39)26-36(52-40)27-17-21-32(22-18-27)47(30-11-7-5-8-12-30)31-13-9-6-10-14-31/h5-26H,3-4H2,1-2H3. The summed E-state index contributed by atoms with van der Waals surface area (Å²) in [6.45, 7) is 4.46. The van der Waals surface area contributed by atoms with Crippen LogP contribution in [0.1, 0.15) is 18.7 Å². The molecule has 8 rings (SSSR count). The zero-order valence-corrected chi connectivity index (χ0v) is 32.1. The lowest BCUT2D eigenvalue weighted by Gasteiger charge is -2.35. The Kier molecular flexibility index (Phi) is 9.61. The molecule has 0 saturated carbocycles. The van der Waals surface area contributed by atoms with Crippen molar-refractivity contribution < 1.29 is 14.0 Å². The Hall–Kier alpha value is -5.26. The molecule has 0 spiro atoms. The Labute approximate surface area is 324 Å². The fourth-order valence-corrected chi connectivity index (χ4v) is 10.7. The van der Waals surface area contributed by atoms with E-state index in [9.17, 15) is 14.0 Å². The third kappa shape index (κ3) is 6.53. The number of carbonyl (C=O) groups is 2. The molecule has 4 aromatic carbocycles. The topological polar surface area (TPSA) is 43.9 Å². The van der Waals surface area contributed by atoms with E-state index >= 15 is 0 Å². The Morgan fingerprint density at radius 1 is 0.660 bits per heavy atom. The molecule has 2 amide bonds. The van der Waals surface area contributed by atoms with Gasteiger partial charge in [-0.3, -0.25) is 19.4 Å². The highest BCUT2D eigenvalue weighted by Crippen LogP contribution is 2.51. The highest BCUT2D eigenvalue weighted by Gasteiger charge is 2.38. The largest absolute Gasteiger partial charge is 0.311 e. The summed E-state index contributed by atoms with van der Waals surface area (Å²) in [5.74, 6) is -1.04. The average molecular weight is 770 g/mol. The molecule has 4 heterocycles. The van der Waals surface area contributed by atoms with Gasteiger partial charge in [-0.05, 0) is 110 Å². The van der Waals surface area contributed by atoms with Crippen LogP contribution in [0.3, 0.4) is 0 Å². The molecule has 53 heavy (non-hydrogen) atoms. The lowest BCUT2D eigenvalue weighted by molar-refractivity contribution is -0.133. The second kappa shape index (κ2) is 14.6. The van der Waals surface area contributed by atoms with Crippen molar-refractivity contribution in [3.05, 3.63) is 144 Å². The predicted molar refractivity (Wildman–Crippen MR) is 224 cm³/mol. The molecular formula is C43H32FN3O2S4. The van der Waals surface area contributed by atoms with Gasteiger partial charge in [0.15, 0.2) is 5.11 Å². The van der Waals surface area contributed by atoms with Crippen LogP contribution in [0.5, 0.6) is 0 Å². The maximum atomic E-state index is 14.1. The van der Waals surface area contributed by atoms with Crippen molar-refractivity contribution in [3.63, 3.8) is 0 Å². The summed E-state index contributed by atoms with van der Waals surface area (Å²) in [6, 6.07) is 42.2. The van der Waals surface area contributed by atoms with Gasteiger partial charge in [-0.1, -0.05) is 60.7 Å². The molecule has 3 aromatic heterocycles. The van der Waals surface area contributed by atoms with Crippen LogP contribution in [0.2, 0.25) is 0 Å². The van der Waals surface area contributed by atoms with Gasteiger partial charge in [0.1, 0.15) is 11.4 Å². The van der Waals surface area contributed by atoms with Gasteiger partial charge in [0, 0.05) is 55.0 Å². The second-order valence-corrected chi connectivity index (χ2v) is 15.9. The Morgan fingerprint density at radius 2 is 1.23 bits per heavy atom. The van der Waals surface area contributed by atoms with E-state index in [-0.39, 0.29) is 28.3 Å². The van der Waals surface area contributed by atoms with E-state index in [1.54, 1.807) is 28.7 Å². The number of thiocarbonyl (C=S) groups is 1. The highest BCUT2D eigenvalue weighted by atomic mass is 32.1. The maximum Gasteiger partial charge on any atom is 0.265 e. The lowest BCUT2D eigenvalue weighted by Crippen LogP contribution is -2.55. The van der Waals surface area contributed by atoms with Crippen molar-refractivity contribution in [1.82, 2.24) is 9.80 Å². The number of likely N-dealkylation sites (N-methyl/N-ethyl adjacent to an activating group) is 2. The number of fused-ring (bicyclic) bond motifs is 1. The molecule has 0 aliphatic carbocycles. The molecule has 10 heteroatoms. The number of amides is 2. The van der Waals surface area contributed by atoms with Crippen LogP contribution >= 0.6 is 46.2 Å². The van der Waals surface area contributed by atoms with Gasteiger partial charge in [-0.2, -0.15) is 0 Å². The Balaban J connectivity index is 1.16. The summed E-state index contributed by atoms with van der Waals surface area (Å²) >= 11 is 10.4. The first kappa shape index (κ1) is 34.8. The van der Waals surface area contributed by atoms with Crippen LogP contribution in [-0.2, 0) is 9.59 Å². The second-order valence-electron chi connectivity index (χ2n) is 12.3. The van der Waals surface area contributed by atoms with E-state index in [0.29, 0.717) is 13.1 Å². The fourth-order valence-electron chi connectivity index (χ4n) is 6.54. The van der Waals surface area contributed by atoms with Crippen molar-refractivity contribution in [2.75, 3.05) is 18.0 Å². The van der Waals surface area contributed by atoms with E-state index in [4.69, 9.17) is 12.2 Å². The van der Waals surface area contributed by atoms with Crippen molar-refractivity contribution in [1.29, 1.82) is 0 Å². The Bertz CT molecular complexity index is 2430. The predicted octanol–water partition coefficient (Wildman–Crippen LogP) is 12.0. The minimum absolute atomic E-state index is 0.105. The summed E-state index contributed by atoms with van der Waals surface area (Å²) < 4.78 is 16.4. The van der Waals surface area contributed by atoms with Gasteiger partial charge in [-0.25, -0.2) is 4.39 Å². The van der Waals surface area contributed by atoms with E-state index in [1.165, 1.54) is 33.3 Å². The molecule has 0 radical (unpaired) electrons. The molecule has 1 fully saturated rings. The van der Waals surface area contributed by atoms with E-state index in [1.807, 2.05) is 74.5 Å². The van der Waals surface area contributed by atoms with Crippen molar-refractivity contribution in [2.24, 2.45) is 0 Å². The normalized spacial score (nSPS) is 13.3. The molecule has 1 saturated heterocycles. The number of hydrogen-bond donors (Lipinski definition) is 0. The van der Waals surface area contributed by atoms with Gasteiger partial charge in [0.25, 0.3) is 11.8 Å². The first-order valence-electron chi connectivity index (χ1n) is 17.2. The zero-order chi connectivity index (χ0) is 36.6. The number of carbonyl (C=O) groups excluding carboxylic acids is 2. The molecule has 0 bridgehead atoms. The van der Waals surface area contributed by atoms with Crippen molar-refractivity contribution in [3.8, 4) is 31.3 Å². The molecular weight excluding hydrogens is 738 g/mol. The SMILES string of the molecule is CCN1C(=O)C(=Cc2ccc(-c3sc4cc(-c5ccc(N(c6ccccc6)c6ccccc6)cc5)sc4c3-c3ccc(F)cc3)s2)C(=O)N(CC)C1=S. The van der Waals surface area contributed by atoms with Gasteiger partial charge in [-0.15, -0.1) is 34.0 Å². The zero-order valence-electron chi connectivity index (χ0n) is 28.8. The first-order valence-corrected chi connectivity index (χ1v) is 20.0. The van der Waals surface area contributed by atoms with Crippen LogP contribution in [0, 0.1) is 5.82 Å². The summed E-state index contributed by atoms with van der Waals surface area (Å²) in [7, 11) is 0. The summed E-state index contributed by atoms with van der Waals surface area (Å²) in [5, 5.41) is 0.244. The van der Waals surface area contributed by atoms with Gasteiger partial charge in [0.2, 0.25) is 0 Å². The first-order chi connectivity index (χ1) is 25.8. The minimum Gasteiger partial charge on any atom is -0.311 e. The molecule has 5 nitrogen and oxygen atoms in total. The number of benzene rings is 4. The molecule has 0 atom stereocenters. The van der Waals surface area contributed by atoms with Crippen LogP contribution in [0.25, 0.3) is 46.8 Å². The number of anilines is 3. The van der Waals surface area contributed by atoms with Crippen LogP contribution in [0.15, 0.2) is 133 Å². The number of hydrogen-bond acceptors (Lipinski definition) is 7. The molecule has 1 aliphatic rings. The van der Waals surface area contributed by atoms with E-state index in [0.717, 1.165) is 62.7 Å². The third-order valence-corrected chi connectivity index (χ3v) is 13.2. The van der Waals surface area contributed by atoms with E-state index < -0.39 is 0 Å². The fraction of sp³-hybridized carbons (Fsp3) is 0.0930.